The molecule has 0 aliphatic heterocycles. The summed E-state index contributed by atoms with van der Waals surface area (Å²) >= 11 is 0. The molecule has 118 valence electrons. The summed E-state index contributed by atoms with van der Waals surface area (Å²) in [5.74, 6) is -0.121. The van der Waals surface area contributed by atoms with Gasteiger partial charge in [0.05, 0.1) is 6.54 Å². The first kappa shape index (κ1) is 17.7. The monoisotopic (exact) mass is 292 g/mol. The molecule has 0 radical (unpaired) electrons. The number of hydrogen-bond acceptors (Lipinski definition) is 3. The summed E-state index contributed by atoms with van der Waals surface area (Å²) in [5, 5.41) is 9.02. The number of rotatable bonds is 9. The summed E-state index contributed by atoms with van der Waals surface area (Å²) in [7, 11) is 4.00. The van der Waals surface area contributed by atoms with E-state index < -0.39 is 5.97 Å². The number of hydrogen-bond donors (Lipinski definition) is 1. The lowest BCUT2D eigenvalue weighted by molar-refractivity contribution is -0.138. The molecule has 0 spiro atoms. The summed E-state index contributed by atoms with van der Waals surface area (Å²) in [4.78, 5) is 15.0. The van der Waals surface area contributed by atoms with Crippen LogP contribution in [-0.4, -0.2) is 54.6 Å². The van der Waals surface area contributed by atoms with Crippen molar-refractivity contribution in [2.75, 3.05) is 33.7 Å². The lowest BCUT2D eigenvalue weighted by atomic mass is 10.0. The van der Waals surface area contributed by atoms with E-state index >= 15 is 0 Å². The van der Waals surface area contributed by atoms with Gasteiger partial charge in [0.2, 0.25) is 0 Å². The van der Waals surface area contributed by atoms with Crippen molar-refractivity contribution in [2.45, 2.75) is 26.8 Å². The van der Waals surface area contributed by atoms with Crippen LogP contribution in [0.1, 0.15) is 25.0 Å². The fourth-order valence-corrected chi connectivity index (χ4v) is 2.26. The SMILES string of the molecule is CC(C)Cc1ccc(CN(CCN(C)C)CC(=O)O)cc1. The van der Waals surface area contributed by atoms with E-state index in [0.717, 1.165) is 19.5 Å². The van der Waals surface area contributed by atoms with Crippen molar-refractivity contribution in [3.63, 3.8) is 0 Å². The van der Waals surface area contributed by atoms with Crippen LogP contribution in [-0.2, 0) is 17.8 Å². The van der Waals surface area contributed by atoms with Gasteiger partial charge in [0.25, 0.3) is 0 Å². The molecule has 1 rings (SSSR count). The minimum atomic E-state index is -0.773. The van der Waals surface area contributed by atoms with Crippen molar-refractivity contribution in [3.05, 3.63) is 35.4 Å². The highest BCUT2D eigenvalue weighted by atomic mass is 16.4. The molecular weight excluding hydrogens is 264 g/mol. The van der Waals surface area contributed by atoms with E-state index in [2.05, 4.69) is 43.0 Å². The summed E-state index contributed by atoms with van der Waals surface area (Å²) in [6.07, 6.45) is 1.08. The van der Waals surface area contributed by atoms with Crippen LogP contribution in [0.3, 0.4) is 0 Å². The van der Waals surface area contributed by atoms with Crippen LogP contribution in [0, 0.1) is 5.92 Å². The summed E-state index contributed by atoms with van der Waals surface area (Å²) < 4.78 is 0. The van der Waals surface area contributed by atoms with Gasteiger partial charge in [-0.2, -0.15) is 0 Å². The Balaban J connectivity index is 2.62. The molecule has 4 heteroatoms. The molecule has 0 heterocycles. The second kappa shape index (κ2) is 8.80. The van der Waals surface area contributed by atoms with E-state index in [1.807, 2.05) is 19.0 Å². The maximum Gasteiger partial charge on any atom is 0.317 e. The number of carbonyl (C=O) groups is 1. The first-order valence-corrected chi connectivity index (χ1v) is 7.53. The van der Waals surface area contributed by atoms with Gasteiger partial charge in [0, 0.05) is 19.6 Å². The molecule has 0 unspecified atom stereocenters. The van der Waals surface area contributed by atoms with Gasteiger partial charge in [-0.25, -0.2) is 0 Å². The standard InChI is InChI=1S/C17H28N2O2/c1-14(2)11-15-5-7-16(8-6-15)12-19(13-17(20)21)10-9-18(3)4/h5-8,14H,9-13H2,1-4H3,(H,20,21). The van der Waals surface area contributed by atoms with Gasteiger partial charge in [-0.1, -0.05) is 38.1 Å². The number of benzene rings is 1. The minimum Gasteiger partial charge on any atom is -0.480 e. The van der Waals surface area contributed by atoms with Crippen molar-refractivity contribution in [2.24, 2.45) is 5.92 Å². The molecule has 0 aliphatic rings. The van der Waals surface area contributed by atoms with Crippen molar-refractivity contribution >= 4 is 5.97 Å². The summed E-state index contributed by atoms with van der Waals surface area (Å²) in [6.45, 7) is 6.81. The highest BCUT2D eigenvalue weighted by Gasteiger charge is 2.10. The van der Waals surface area contributed by atoms with Crippen LogP contribution >= 0.6 is 0 Å². The number of likely N-dealkylation sites (N-methyl/N-ethyl adjacent to an activating group) is 1. The first-order chi connectivity index (χ1) is 9.86. The minimum absolute atomic E-state index is 0.0849. The molecule has 0 aliphatic carbocycles. The number of aliphatic carboxylic acids is 1. The van der Waals surface area contributed by atoms with Crippen molar-refractivity contribution < 1.29 is 9.90 Å². The molecule has 1 aromatic carbocycles. The second-order valence-electron chi connectivity index (χ2n) is 6.32. The van der Waals surface area contributed by atoms with Crippen molar-refractivity contribution in [3.8, 4) is 0 Å². The molecule has 0 aromatic heterocycles. The van der Waals surface area contributed by atoms with Gasteiger partial charge in [-0.15, -0.1) is 0 Å². The molecule has 0 fully saturated rings. The maximum atomic E-state index is 11.0. The predicted molar refractivity (Wildman–Crippen MR) is 86.5 cm³/mol. The van der Waals surface area contributed by atoms with Crippen LogP contribution in [0.2, 0.25) is 0 Å². The smallest absolute Gasteiger partial charge is 0.317 e. The number of carboxylic acid groups (broad SMARTS) is 1. The quantitative estimate of drug-likeness (QED) is 0.758. The Morgan fingerprint density at radius 3 is 2.14 bits per heavy atom. The Hall–Kier alpha value is -1.39. The molecule has 0 amide bonds. The molecule has 0 saturated heterocycles. The third-order valence-corrected chi connectivity index (χ3v) is 3.30. The van der Waals surface area contributed by atoms with E-state index in [1.54, 1.807) is 0 Å². The van der Waals surface area contributed by atoms with E-state index in [9.17, 15) is 4.79 Å². The fraction of sp³-hybridized carbons (Fsp3) is 0.588. The van der Waals surface area contributed by atoms with E-state index in [-0.39, 0.29) is 6.54 Å². The van der Waals surface area contributed by atoms with Gasteiger partial charge < -0.3 is 10.0 Å². The van der Waals surface area contributed by atoms with Gasteiger partial charge in [-0.05, 0) is 37.6 Å². The van der Waals surface area contributed by atoms with E-state index in [1.165, 1.54) is 11.1 Å². The molecule has 1 aromatic rings. The third-order valence-electron chi connectivity index (χ3n) is 3.30. The zero-order chi connectivity index (χ0) is 15.8. The van der Waals surface area contributed by atoms with Crippen LogP contribution in [0.15, 0.2) is 24.3 Å². The van der Waals surface area contributed by atoms with Gasteiger partial charge in [0.15, 0.2) is 0 Å². The topological polar surface area (TPSA) is 43.8 Å². The predicted octanol–water partition coefficient (Wildman–Crippen LogP) is 2.33. The number of nitrogens with zero attached hydrogens (tertiary/aromatic N) is 2. The molecule has 0 saturated carbocycles. The van der Waals surface area contributed by atoms with E-state index in [0.29, 0.717) is 12.5 Å². The first-order valence-electron chi connectivity index (χ1n) is 7.53. The second-order valence-corrected chi connectivity index (χ2v) is 6.32. The van der Waals surface area contributed by atoms with Crippen molar-refractivity contribution in [1.82, 2.24) is 9.80 Å². The molecule has 0 bridgehead atoms. The normalized spacial score (nSPS) is 11.6. The van der Waals surface area contributed by atoms with Crippen LogP contribution in [0.5, 0.6) is 0 Å². The Bertz CT molecular complexity index is 427. The van der Waals surface area contributed by atoms with Crippen LogP contribution < -0.4 is 0 Å². The highest BCUT2D eigenvalue weighted by Crippen LogP contribution is 2.11. The Morgan fingerprint density at radius 2 is 1.67 bits per heavy atom. The third kappa shape index (κ3) is 7.83. The lowest BCUT2D eigenvalue weighted by Crippen LogP contribution is -2.35. The summed E-state index contributed by atoms with van der Waals surface area (Å²) in [5.41, 5.74) is 2.51. The lowest BCUT2D eigenvalue weighted by Gasteiger charge is -2.22. The Morgan fingerprint density at radius 1 is 1.10 bits per heavy atom. The maximum absolute atomic E-state index is 11.0. The van der Waals surface area contributed by atoms with Gasteiger partial charge in [-0.3, -0.25) is 9.69 Å². The van der Waals surface area contributed by atoms with Gasteiger partial charge >= 0.3 is 5.97 Å². The van der Waals surface area contributed by atoms with Gasteiger partial charge in [0.1, 0.15) is 0 Å². The van der Waals surface area contributed by atoms with Crippen LogP contribution in [0.25, 0.3) is 0 Å². The fourth-order valence-electron chi connectivity index (χ4n) is 2.26. The zero-order valence-electron chi connectivity index (χ0n) is 13.7. The Labute approximate surface area is 128 Å². The molecule has 4 nitrogen and oxygen atoms in total. The van der Waals surface area contributed by atoms with Crippen LogP contribution in [0.4, 0.5) is 0 Å². The Kier molecular flexibility index (Phi) is 7.40. The average molecular weight is 292 g/mol. The molecule has 1 N–H and O–H groups in total. The average Bonchev–Trinajstić information content (AvgIpc) is 2.37. The van der Waals surface area contributed by atoms with E-state index in [4.69, 9.17) is 5.11 Å². The highest BCUT2D eigenvalue weighted by molar-refractivity contribution is 5.69. The van der Waals surface area contributed by atoms with Crippen molar-refractivity contribution in [1.29, 1.82) is 0 Å². The summed E-state index contributed by atoms with van der Waals surface area (Å²) in [6, 6.07) is 8.53. The number of carboxylic acids is 1. The molecular formula is C17H28N2O2. The largest absolute Gasteiger partial charge is 0.480 e. The molecule has 0 atom stereocenters. The zero-order valence-corrected chi connectivity index (χ0v) is 13.7. The molecule has 21 heavy (non-hydrogen) atoms.